The van der Waals surface area contributed by atoms with Crippen molar-refractivity contribution in [2.75, 3.05) is 13.2 Å². The summed E-state index contributed by atoms with van der Waals surface area (Å²) in [5, 5.41) is 0. The molecule has 6 nitrogen and oxygen atoms in total. The molecular weight excluding hydrogens is 817 g/mol. The zero-order valence-electron chi connectivity index (χ0n) is 45.5. The summed E-state index contributed by atoms with van der Waals surface area (Å²) in [6, 6.07) is 0. The number of carbonyl (C=O) groups is 3. The lowest BCUT2D eigenvalue weighted by atomic mass is 9.99. The Morgan fingerprint density at radius 2 is 0.530 bits per heavy atom. The Kier molecular flexibility index (Phi) is 50.0. The van der Waals surface area contributed by atoms with Gasteiger partial charge in [-0.15, -0.1) is 0 Å². The molecule has 0 fully saturated rings. The Bertz CT molecular complexity index is 1020. The van der Waals surface area contributed by atoms with Gasteiger partial charge in [0.15, 0.2) is 6.10 Å². The molecule has 0 rings (SSSR count). The Hall–Kier alpha value is -1.59. The van der Waals surface area contributed by atoms with Crippen LogP contribution in [0, 0.1) is 17.8 Å². The standard InChI is InChI=1S/C60H116O6/c1-7-56(6)48-42-36-30-23-19-14-12-10-8-9-11-13-15-20-24-31-37-43-49-58(61)64-52-57(53-65-59(62)50-44-38-32-27-26-29-35-41-47-55(4)5)66-60(63)51-45-39-33-25-21-17-16-18-22-28-34-40-46-54(2)3/h54-57H,7-53H2,1-6H3/t56?,57-/m0/s1. The minimum atomic E-state index is -0.764. The molecule has 392 valence electrons. The molecule has 0 aliphatic carbocycles. The van der Waals surface area contributed by atoms with Gasteiger partial charge in [0.2, 0.25) is 0 Å². The fraction of sp³-hybridized carbons (Fsp3) is 0.950. The summed E-state index contributed by atoms with van der Waals surface area (Å²) in [5.74, 6) is 1.69. The van der Waals surface area contributed by atoms with Crippen molar-refractivity contribution < 1.29 is 28.6 Å². The van der Waals surface area contributed by atoms with E-state index < -0.39 is 6.10 Å². The van der Waals surface area contributed by atoms with E-state index in [1.165, 1.54) is 212 Å². The van der Waals surface area contributed by atoms with E-state index in [1.807, 2.05) is 0 Å². The fourth-order valence-corrected chi connectivity index (χ4v) is 9.14. The summed E-state index contributed by atoms with van der Waals surface area (Å²) >= 11 is 0. The molecule has 0 spiro atoms. The lowest BCUT2D eigenvalue weighted by Gasteiger charge is -2.18. The summed E-state index contributed by atoms with van der Waals surface area (Å²) in [7, 11) is 0. The van der Waals surface area contributed by atoms with Crippen LogP contribution in [0.25, 0.3) is 0 Å². The van der Waals surface area contributed by atoms with Gasteiger partial charge in [-0.1, -0.05) is 292 Å². The average Bonchev–Trinajstić information content (AvgIpc) is 3.29. The van der Waals surface area contributed by atoms with Gasteiger partial charge in [0.1, 0.15) is 13.2 Å². The molecule has 0 aliphatic rings. The minimum absolute atomic E-state index is 0.0638. The second-order valence-corrected chi connectivity index (χ2v) is 21.8. The quantitative estimate of drug-likeness (QED) is 0.0343. The maximum Gasteiger partial charge on any atom is 0.306 e. The van der Waals surface area contributed by atoms with Crippen LogP contribution in [-0.2, 0) is 28.6 Å². The summed E-state index contributed by atoms with van der Waals surface area (Å²) in [5.41, 5.74) is 0. The van der Waals surface area contributed by atoms with E-state index in [-0.39, 0.29) is 31.1 Å². The van der Waals surface area contributed by atoms with E-state index >= 15 is 0 Å². The van der Waals surface area contributed by atoms with Crippen LogP contribution in [0.1, 0.15) is 330 Å². The van der Waals surface area contributed by atoms with Crippen molar-refractivity contribution >= 4 is 17.9 Å². The summed E-state index contributed by atoms with van der Waals surface area (Å²) in [4.78, 5) is 38.1. The van der Waals surface area contributed by atoms with E-state index in [0.29, 0.717) is 19.3 Å². The third-order valence-corrected chi connectivity index (χ3v) is 14.0. The molecule has 0 radical (unpaired) electrons. The van der Waals surface area contributed by atoms with E-state index in [2.05, 4.69) is 41.5 Å². The Balaban J connectivity index is 4.22. The molecular formula is C60H116O6. The van der Waals surface area contributed by atoms with Crippen molar-refractivity contribution in [2.45, 2.75) is 337 Å². The summed E-state index contributed by atoms with van der Waals surface area (Å²) in [6.07, 6.45) is 53.9. The predicted octanol–water partition coefficient (Wildman–Crippen LogP) is 19.5. The Morgan fingerprint density at radius 3 is 0.788 bits per heavy atom. The van der Waals surface area contributed by atoms with E-state index in [4.69, 9.17) is 14.2 Å². The first-order valence-electron chi connectivity index (χ1n) is 29.6. The van der Waals surface area contributed by atoms with Crippen molar-refractivity contribution in [1.29, 1.82) is 0 Å². The van der Waals surface area contributed by atoms with Crippen LogP contribution in [0.3, 0.4) is 0 Å². The SMILES string of the molecule is CCC(C)CCCCCCCCCCCCCCCCCCCCC(=O)OC[C@@H](COC(=O)CCCCCCCCCCC(C)C)OC(=O)CCCCCCCCCCCCCCC(C)C. The van der Waals surface area contributed by atoms with Gasteiger partial charge < -0.3 is 14.2 Å². The molecule has 0 aromatic rings. The lowest BCUT2D eigenvalue weighted by molar-refractivity contribution is -0.167. The first-order valence-corrected chi connectivity index (χ1v) is 29.6. The van der Waals surface area contributed by atoms with Crippen molar-refractivity contribution in [2.24, 2.45) is 17.8 Å². The zero-order valence-corrected chi connectivity index (χ0v) is 45.5. The molecule has 0 amide bonds. The van der Waals surface area contributed by atoms with Gasteiger partial charge in [-0.05, 0) is 37.0 Å². The fourth-order valence-electron chi connectivity index (χ4n) is 9.14. The van der Waals surface area contributed by atoms with Crippen LogP contribution in [0.4, 0.5) is 0 Å². The van der Waals surface area contributed by atoms with Gasteiger partial charge in [0.05, 0.1) is 0 Å². The molecule has 0 heterocycles. The molecule has 2 atom stereocenters. The highest BCUT2D eigenvalue weighted by atomic mass is 16.6. The van der Waals surface area contributed by atoms with Crippen LogP contribution in [0.15, 0.2) is 0 Å². The third-order valence-electron chi connectivity index (χ3n) is 14.0. The monoisotopic (exact) mass is 933 g/mol. The number of ether oxygens (including phenoxy) is 3. The van der Waals surface area contributed by atoms with Crippen LogP contribution in [0.5, 0.6) is 0 Å². The highest BCUT2D eigenvalue weighted by Gasteiger charge is 2.19. The third kappa shape index (κ3) is 51.8. The topological polar surface area (TPSA) is 78.9 Å². The Morgan fingerprint density at radius 1 is 0.303 bits per heavy atom. The highest BCUT2D eigenvalue weighted by molar-refractivity contribution is 5.71. The Labute approximate surface area is 412 Å². The van der Waals surface area contributed by atoms with Gasteiger partial charge >= 0.3 is 17.9 Å². The number of hydrogen-bond acceptors (Lipinski definition) is 6. The molecule has 0 bridgehead atoms. The predicted molar refractivity (Wildman–Crippen MR) is 284 cm³/mol. The maximum atomic E-state index is 12.8. The first kappa shape index (κ1) is 64.4. The van der Waals surface area contributed by atoms with E-state index in [1.54, 1.807) is 0 Å². The largest absolute Gasteiger partial charge is 0.462 e. The van der Waals surface area contributed by atoms with E-state index in [9.17, 15) is 14.4 Å². The van der Waals surface area contributed by atoms with Gasteiger partial charge in [0.25, 0.3) is 0 Å². The maximum absolute atomic E-state index is 12.8. The number of unbranched alkanes of at least 4 members (excludes halogenated alkanes) is 35. The number of rotatable bonds is 53. The molecule has 6 heteroatoms. The van der Waals surface area contributed by atoms with Crippen molar-refractivity contribution in [3.8, 4) is 0 Å². The second-order valence-electron chi connectivity index (χ2n) is 21.8. The molecule has 1 unspecified atom stereocenters. The first-order chi connectivity index (χ1) is 32.1. The summed E-state index contributed by atoms with van der Waals surface area (Å²) < 4.78 is 16.9. The lowest BCUT2D eigenvalue weighted by Crippen LogP contribution is -2.30. The summed E-state index contributed by atoms with van der Waals surface area (Å²) in [6.45, 7) is 13.8. The second kappa shape index (κ2) is 51.3. The van der Waals surface area contributed by atoms with Crippen molar-refractivity contribution in [3.63, 3.8) is 0 Å². The smallest absolute Gasteiger partial charge is 0.306 e. The van der Waals surface area contributed by atoms with Crippen LogP contribution >= 0.6 is 0 Å². The minimum Gasteiger partial charge on any atom is -0.462 e. The molecule has 0 saturated heterocycles. The zero-order chi connectivity index (χ0) is 48.4. The molecule has 0 aliphatic heterocycles. The van der Waals surface area contributed by atoms with Gasteiger partial charge in [-0.3, -0.25) is 14.4 Å². The molecule has 0 aromatic carbocycles. The van der Waals surface area contributed by atoms with Crippen LogP contribution in [0.2, 0.25) is 0 Å². The van der Waals surface area contributed by atoms with Crippen molar-refractivity contribution in [3.05, 3.63) is 0 Å². The van der Waals surface area contributed by atoms with Crippen LogP contribution < -0.4 is 0 Å². The van der Waals surface area contributed by atoms with Gasteiger partial charge in [-0.2, -0.15) is 0 Å². The molecule has 0 N–H and O–H groups in total. The molecule has 66 heavy (non-hydrogen) atoms. The van der Waals surface area contributed by atoms with Gasteiger partial charge in [-0.25, -0.2) is 0 Å². The number of hydrogen-bond donors (Lipinski definition) is 0. The molecule has 0 aromatic heterocycles. The van der Waals surface area contributed by atoms with Crippen molar-refractivity contribution in [1.82, 2.24) is 0 Å². The van der Waals surface area contributed by atoms with Gasteiger partial charge in [0, 0.05) is 19.3 Å². The normalized spacial score (nSPS) is 12.5. The number of carbonyl (C=O) groups excluding carboxylic acids is 3. The van der Waals surface area contributed by atoms with Crippen LogP contribution in [-0.4, -0.2) is 37.2 Å². The average molecular weight is 934 g/mol. The highest BCUT2D eigenvalue weighted by Crippen LogP contribution is 2.19. The number of esters is 3. The van der Waals surface area contributed by atoms with E-state index in [0.717, 1.165) is 75.5 Å². The molecule has 0 saturated carbocycles.